The van der Waals surface area contributed by atoms with Gasteiger partial charge >= 0.3 is 0 Å². The second-order valence-electron chi connectivity index (χ2n) is 12.9. The van der Waals surface area contributed by atoms with Crippen LogP contribution in [-0.4, -0.2) is 48.7 Å². The first-order valence-corrected chi connectivity index (χ1v) is 17.7. The van der Waals surface area contributed by atoms with Crippen LogP contribution < -0.4 is 9.04 Å². The van der Waals surface area contributed by atoms with Gasteiger partial charge in [-0.2, -0.15) is 0 Å². The molecule has 2 N–H and O–H groups in total. The molecule has 0 unspecified atom stereocenters. The van der Waals surface area contributed by atoms with Gasteiger partial charge in [-0.05, 0) is 93.5 Å². The molecule has 0 radical (unpaired) electrons. The molecule has 1 aliphatic heterocycles. The quantitative estimate of drug-likeness (QED) is 0.0935. The molecule has 4 aromatic rings. The molecule has 6 nitrogen and oxygen atoms in total. The number of anilines is 1. The molecule has 0 fully saturated rings. The number of nitrogens with zero attached hydrogens (tertiary/aromatic N) is 1. The lowest BCUT2D eigenvalue weighted by Crippen LogP contribution is -2.26. The molecule has 0 aromatic heterocycles. The van der Waals surface area contributed by atoms with Crippen molar-refractivity contribution < 1.29 is 24.5 Å². The summed E-state index contributed by atoms with van der Waals surface area (Å²) >= 11 is 1.73. The van der Waals surface area contributed by atoms with Crippen LogP contribution >= 0.6 is 11.9 Å². The first-order chi connectivity index (χ1) is 23.0. The Labute approximate surface area is 292 Å². The third-order valence-electron chi connectivity index (χ3n) is 8.05. The molecule has 5 rings (SSSR count). The van der Waals surface area contributed by atoms with Gasteiger partial charge in [0.1, 0.15) is 12.0 Å². The Morgan fingerprint density at radius 1 is 0.854 bits per heavy atom. The average molecular weight is 672 g/mol. The van der Waals surface area contributed by atoms with Crippen LogP contribution in [-0.2, 0) is 22.6 Å². The van der Waals surface area contributed by atoms with Gasteiger partial charge in [0.25, 0.3) is 0 Å². The number of ether oxygens (including phenoxy) is 2. The van der Waals surface area contributed by atoms with E-state index in [9.17, 15) is 4.79 Å². The third kappa shape index (κ3) is 9.73. The summed E-state index contributed by atoms with van der Waals surface area (Å²) in [7, 11) is 1.00. The van der Waals surface area contributed by atoms with Crippen LogP contribution in [0.3, 0.4) is 0 Å². The number of aliphatic hydroxyl groups excluding tert-OH is 1. The number of fused-ring (bicyclic) bond motifs is 3. The van der Waals surface area contributed by atoms with Crippen molar-refractivity contribution in [2.75, 3.05) is 30.9 Å². The molecule has 258 valence electrons. The molecule has 1 heterocycles. The highest BCUT2D eigenvalue weighted by Crippen LogP contribution is 2.55. The van der Waals surface area contributed by atoms with E-state index in [1.165, 1.54) is 33.5 Å². The van der Waals surface area contributed by atoms with Crippen molar-refractivity contribution in [3.8, 4) is 28.0 Å². The van der Waals surface area contributed by atoms with E-state index in [-0.39, 0.29) is 6.04 Å². The minimum absolute atomic E-state index is 0.151. The van der Waals surface area contributed by atoms with Crippen molar-refractivity contribution in [3.05, 3.63) is 106 Å². The SMILES string of the molecule is CC(C)(C)O.CO.CSN1c2c(C)c(CC=O)c(-c3ccc(C)cc3)c(C)c2-c2c(OCCCOCc3ccccc3)cccc2[C@@H]1C. The van der Waals surface area contributed by atoms with E-state index in [4.69, 9.17) is 19.7 Å². The number of carbonyl (C=O) groups excluding carboxylic acids is 1. The summed E-state index contributed by atoms with van der Waals surface area (Å²) in [6.45, 7) is 15.8. The molecule has 0 saturated heterocycles. The van der Waals surface area contributed by atoms with Gasteiger partial charge in [0.15, 0.2) is 0 Å². The van der Waals surface area contributed by atoms with Crippen LogP contribution in [0.15, 0.2) is 72.8 Å². The van der Waals surface area contributed by atoms with E-state index in [2.05, 4.69) is 92.9 Å². The minimum atomic E-state index is -0.500. The lowest BCUT2D eigenvalue weighted by Gasteiger charge is -2.40. The summed E-state index contributed by atoms with van der Waals surface area (Å²) in [4.78, 5) is 11.9. The molecule has 4 aromatic carbocycles. The molecule has 0 bridgehead atoms. The van der Waals surface area contributed by atoms with Gasteiger partial charge in [0.2, 0.25) is 0 Å². The largest absolute Gasteiger partial charge is 0.493 e. The number of hydrogen-bond donors (Lipinski definition) is 2. The number of aldehydes is 1. The highest BCUT2D eigenvalue weighted by molar-refractivity contribution is 8.00. The summed E-state index contributed by atoms with van der Waals surface area (Å²) in [5.41, 5.74) is 12.4. The Balaban J connectivity index is 0.000000818. The first-order valence-electron chi connectivity index (χ1n) is 16.5. The van der Waals surface area contributed by atoms with Crippen LogP contribution in [0, 0.1) is 20.8 Å². The number of hydrogen-bond acceptors (Lipinski definition) is 7. The van der Waals surface area contributed by atoms with Gasteiger partial charge in [-0.3, -0.25) is 0 Å². The fraction of sp³-hybridized carbons (Fsp3) is 0.390. The Hall–Kier alpha value is -3.62. The fourth-order valence-electron chi connectivity index (χ4n) is 6.04. The summed E-state index contributed by atoms with van der Waals surface area (Å²) < 4.78 is 14.8. The molecular formula is C41H53NO5S. The molecule has 1 aliphatic rings. The minimum Gasteiger partial charge on any atom is -0.493 e. The predicted octanol–water partition coefficient (Wildman–Crippen LogP) is 9.22. The lowest BCUT2D eigenvalue weighted by atomic mass is 9.79. The van der Waals surface area contributed by atoms with E-state index in [0.717, 1.165) is 53.4 Å². The van der Waals surface area contributed by atoms with E-state index < -0.39 is 5.60 Å². The highest BCUT2D eigenvalue weighted by Gasteiger charge is 2.35. The normalized spacial score (nSPS) is 13.3. The van der Waals surface area contributed by atoms with E-state index in [1.54, 1.807) is 32.7 Å². The maximum atomic E-state index is 11.9. The fourth-order valence-corrected chi connectivity index (χ4v) is 6.88. The highest BCUT2D eigenvalue weighted by atomic mass is 32.2. The third-order valence-corrected chi connectivity index (χ3v) is 8.95. The number of rotatable bonds is 11. The monoisotopic (exact) mass is 671 g/mol. The summed E-state index contributed by atoms with van der Waals surface area (Å²) in [6, 6.07) is 25.5. The second-order valence-corrected chi connectivity index (χ2v) is 13.6. The number of aliphatic hydroxyl groups is 2. The van der Waals surface area contributed by atoms with Crippen LogP contribution in [0.25, 0.3) is 22.3 Å². The van der Waals surface area contributed by atoms with Gasteiger partial charge in [-0.15, -0.1) is 0 Å². The zero-order valence-corrected chi connectivity index (χ0v) is 30.9. The van der Waals surface area contributed by atoms with Crippen molar-refractivity contribution >= 4 is 23.9 Å². The topological polar surface area (TPSA) is 79.2 Å². The Bertz CT molecular complexity index is 1610. The Kier molecular flexibility index (Phi) is 14.7. The Morgan fingerprint density at radius 2 is 1.50 bits per heavy atom. The standard InChI is InChI=1S/C36H39NO3S.C4H10O.CH4O/c1-24-15-17-29(18-16-24)33-26(3)34-35-31(27(4)37(41-5)36(34)25(2)30(33)19-20-38)13-9-14-32(35)40-22-10-21-39-23-28-11-7-6-8-12-28;1-4(2,3)5;1-2/h6-9,11-18,20,27H,10,19,21-23H2,1-5H3;5H,1-3H3;2H,1H3/t27-;;/m0../s1. The maximum absolute atomic E-state index is 11.9. The average Bonchev–Trinajstić information content (AvgIpc) is 3.06. The molecule has 48 heavy (non-hydrogen) atoms. The zero-order chi connectivity index (χ0) is 35.4. The molecule has 0 spiro atoms. The van der Waals surface area contributed by atoms with Crippen LogP contribution in [0.2, 0.25) is 0 Å². The van der Waals surface area contributed by atoms with Gasteiger partial charge in [0, 0.05) is 37.3 Å². The molecular weight excluding hydrogens is 619 g/mol. The van der Waals surface area contributed by atoms with Gasteiger partial charge in [0.05, 0.1) is 37.2 Å². The molecule has 1 atom stereocenters. The van der Waals surface area contributed by atoms with Crippen LogP contribution in [0.4, 0.5) is 5.69 Å². The van der Waals surface area contributed by atoms with E-state index >= 15 is 0 Å². The van der Waals surface area contributed by atoms with Crippen molar-refractivity contribution in [2.45, 2.75) is 79.6 Å². The first kappa shape index (κ1) is 38.8. The van der Waals surface area contributed by atoms with Gasteiger partial charge in [-0.1, -0.05) is 84.2 Å². The second kappa shape index (κ2) is 18.2. The summed E-state index contributed by atoms with van der Waals surface area (Å²) in [6.07, 6.45) is 4.35. The summed E-state index contributed by atoms with van der Waals surface area (Å²) in [5, 5.41) is 15.5. The molecule has 0 aliphatic carbocycles. The number of carbonyl (C=O) groups is 1. The van der Waals surface area contributed by atoms with Gasteiger partial charge in [-0.25, -0.2) is 0 Å². The van der Waals surface area contributed by atoms with Gasteiger partial charge < -0.3 is 28.8 Å². The Morgan fingerprint density at radius 3 is 2.10 bits per heavy atom. The predicted molar refractivity (Wildman–Crippen MR) is 202 cm³/mol. The maximum Gasteiger partial charge on any atom is 0.127 e. The zero-order valence-electron chi connectivity index (χ0n) is 30.1. The van der Waals surface area contributed by atoms with Crippen molar-refractivity contribution in [2.24, 2.45) is 0 Å². The molecule has 7 heteroatoms. The van der Waals surface area contributed by atoms with Crippen molar-refractivity contribution in [1.29, 1.82) is 0 Å². The van der Waals surface area contributed by atoms with Crippen molar-refractivity contribution in [1.82, 2.24) is 0 Å². The van der Waals surface area contributed by atoms with E-state index in [1.807, 2.05) is 18.2 Å². The lowest BCUT2D eigenvalue weighted by molar-refractivity contribution is -0.107. The molecule has 0 amide bonds. The smallest absolute Gasteiger partial charge is 0.127 e. The van der Waals surface area contributed by atoms with Crippen LogP contribution in [0.5, 0.6) is 5.75 Å². The van der Waals surface area contributed by atoms with E-state index in [0.29, 0.717) is 26.2 Å². The van der Waals surface area contributed by atoms with Crippen molar-refractivity contribution in [3.63, 3.8) is 0 Å². The number of aryl methyl sites for hydroxylation is 1. The summed E-state index contributed by atoms with van der Waals surface area (Å²) in [5.74, 6) is 0.903. The van der Waals surface area contributed by atoms with Crippen LogP contribution in [0.1, 0.15) is 73.5 Å². The number of benzene rings is 4. The molecule has 0 saturated carbocycles.